The van der Waals surface area contributed by atoms with Gasteiger partial charge in [0.1, 0.15) is 5.65 Å². The molecule has 27 heavy (non-hydrogen) atoms. The third-order valence-electron chi connectivity index (χ3n) is 4.19. The second-order valence-electron chi connectivity index (χ2n) is 6.61. The summed E-state index contributed by atoms with van der Waals surface area (Å²) in [5, 5.41) is 2.85. The van der Waals surface area contributed by atoms with Crippen LogP contribution in [0.5, 0.6) is 0 Å². The Morgan fingerprint density at radius 3 is 2.93 bits per heavy atom. The van der Waals surface area contributed by atoms with Crippen molar-refractivity contribution < 1.29 is 22.7 Å². The number of amides is 1. The van der Waals surface area contributed by atoms with Gasteiger partial charge in [-0.05, 0) is 31.6 Å². The molecular formula is C17H18ClN3O5S. The number of ether oxygens (including phenoxy) is 1. The molecule has 1 aliphatic heterocycles. The van der Waals surface area contributed by atoms with E-state index in [9.17, 15) is 18.0 Å². The van der Waals surface area contributed by atoms with Gasteiger partial charge in [-0.15, -0.1) is 0 Å². The van der Waals surface area contributed by atoms with Crippen LogP contribution in [0.25, 0.3) is 11.7 Å². The summed E-state index contributed by atoms with van der Waals surface area (Å²) in [6, 6.07) is 5.39. The van der Waals surface area contributed by atoms with E-state index in [1.54, 1.807) is 29.7 Å². The minimum absolute atomic E-state index is 0.0341. The highest BCUT2D eigenvalue weighted by Gasteiger charge is 2.39. The molecule has 1 fully saturated rings. The minimum Gasteiger partial charge on any atom is -0.452 e. The molecule has 0 aliphatic carbocycles. The number of halogens is 1. The summed E-state index contributed by atoms with van der Waals surface area (Å²) in [5.41, 5.74) is 0.314. The molecule has 0 aromatic carbocycles. The summed E-state index contributed by atoms with van der Waals surface area (Å²) in [6.07, 6.45) is 4.69. The normalized spacial score (nSPS) is 21.6. The fourth-order valence-electron chi connectivity index (χ4n) is 2.95. The van der Waals surface area contributed by atoms with Gasteiger partial charge in [0.2, 0.25) is 0 Å². The van der Waals surface area contributed by atoms with Gasteiger partial charge in [-0.3, -0.25) is 9.20 Å². The number of hydrogen-bond donors (Lipinski definition) is 1. The second kappa shape index (κ2) is 7.32. The van der Waals surface area contributed by atoms with E-state index in [-0.39, 0.29) is 16.7 Å². The third kappa shape index (κ3) is 4.67. The lowest BCUT2D eigenvalue weighted by Crippen LogP contribution is -2.48. The van der Waals surface area contributed by atoms with Gasteiger partial charge >= 0.3 is 5.97 Å². The van der Waals surface area contributed by atoms with E-state index in [1.807, 2.05) is 6.07 Å². The number of aromatic nitrogens is 2. The Hall–Kier alpha value is -2.39. The fraction of sp³-hybridized carbons (Fsp3) is 0.353. The molecule has 1 N–H and O–H groups in total. The average molecular weight is 412 g/mol. The molecule has 144 valence electrons. The van der Waals surface area contributed by atoms with Crippen LogP contribution in [-0.2, 0) is 24.2 Å². The van der Waals surface area contributed by atoms with Gasteiger partial charge in [0.05, 0.1) is 22.7 Å². The van der Waals surface area contributed by atoms with Gasteiger partial charge in [0.15, 0.2) is 21.6 Å². The van der Waals surface area contributed by atoms with Gasteiger partial charge in [0.25, 0.3) is 5.91 Å². The number of fused-ring (bicyclic) bond motifs is 1. The van der Waals surface area contributed by atoms with Crippen molar-refractivity contribution in [2.45, 2.75) is 18.9 Å². The van der Waals surface area contributed by atoms with Crippen molar-refractivity contribution in [2.75, 3.05) is 18.1 Å². The first kappa shape index (κ1) is 19.4. The third-order valence-corrected chi connectivity index (χ3v) is 6.37. The molecule has 3 rings (SSSR count). The van der Waals surface area contributed by atoms with E-state index in [1.165, 1.54) is 6.08 Å². The van der Waals surface area contributed by atoms with Crippen LogP contribution >= 0.6 is 11.6 Å². The Balaban J connectivity index is 1.56. The van der Waals surface area contributed by atoms with Crippen molar-refractivity contribution in [1.82, 2.24) is 14.7 Å². The van der Waals surface area contributed by atoms with Crippen molar-refractivity contribution >= 4 is 45.0 Å². The van der Waals surface area contributed by atoms with Crippen molar-refractivity contribution in [1.29, 1.82) is 0 Å². The number of nitrogens with one attached hydrogen (secondary N) is 1. The van der Waals surface area contributed by atoms with Crippen LogP contribution in [0, 0.1) is 0 Å². The molecular weight excluding hydrogens is 394 g/mol. The van der Waals surface area contributed by atoms with Crippen LogP contribution in [-0.4, -0.2) is 53.3 Å². The SMILES string of the molecule is C[C@@]1(NC(=O)COC(=O)/C=C/c2c(Cl)nc3ccccn23)CCS(=O)(=O)C1. The van der Waals surface area contributed by atoms with Crippen molar-refractivity contribution in [3.8, 4) is 0 Å². The number of esters is 1. The maximum absolute atomic E-state index is 11.9. The van der Waals surface area contributed by atoms with Crippen LogP contribution in [0.15, 0.2) is 30.5 Å². The quantitative estimate of drug-likeness (QED) is 0.586. The lowest BCUT2D eigenvalue weighted by atomic mass is 10.0. The van der Waals surface area contributed by atoms with Gasteiger partial charge in [-0.1, -0.05) is 17.7 Å². The van der Waals surface area contributed by atoms with E-state index < -0.39 is 33.9 Å². The highest BCUT2D eigenvalue weighted by Crippen LogP contribution is 2.22. The molecule has 8 nitrogen and oxygen atoms in total. The molecule has 10 heteroatoms. The van der Waals surface area contributed by atoms with Crippen LogP contribution < -0.4 is 5.32 Å². The zero-order valence-electron chi connectivity index (χ0n) is 14.5. The van der Waals surface area contributed by atoms with E-state index in [2.05, 4.69) is 10.3 Å². The Morgan fingerprint density at radius 1 is 1.44 bits per heavy atom. The van der Waals surface area contributed by atoms with Crippen LogP contribution in [0.2, 0.25) is 5.15 Å². The number of pyridine rings is 1. The monoisotopic (exact) mass is 411 g/mol. The number of hydrogen-bond acceptors (Lipinski definition) is 6. The summed E-state index contributed by atoms with van der Waals surface area (Å²) in [5.74, 6) is -1.36. The van der Waals surface area contributed by atoms with Crippen LogP contribution in [0.1, 0.15) is 19.0 Å². The molecule has 1 saturated heterocycles. The lowest BCUT2D eigenvalue weighted by Gasteiger charge is -2.23. The van der Waals surface area contributed by atoms with E-state index in [0.717, 1.165) is 6.08 Å². The van der Waals surface area contributed by atoms with Crippen molar-refractivity contribution in [3.05, 3.63) is 41.3 Å². The number of imidazole rings is 1. The minimum atomic E-state index is -3.14. The summed E-state index contributed by atoms with van der Waals surface area (Å²) >= 11 is 6.06. The van der Waals surface area contributed by atoms with E-state index in [0.29, 0.717) is 17.8 Å². The summed E-state index contributed by atoms with van der Waals surface area (Å²) in [4.78, 5) is 27.9. The highest BCUT2D eigenvalue weighted by atomic mass is 35.5. The molecule has 1 atom stereocenters. The van der Waals surface area contributed by atoms with Gasteiger partial charge in [0, 0.05) is 12.3 Å². The number of sulfone groups is 1. The molecule has 0 bridgehead atoms. The topological polar surface area (TPSA) is 107 Å². The van der Waals surface area contributed by atoms with E-state index >= 15 is 0 Å². The smallest absolute Gasteiger partial charge is 0.331 e. The number of rotatable bonds is 5. The largest absolute Gasteiger partial charge is 0.452 e. The Morgan fingerprint density at radius 2 is 2.22 bits per heavy atom. The van der Waals surface area contributed by atoms with Crippen LogP contribution in [0.4, 0.5) is 0 Å². The summed E-state index contributed by atoms with van der Waals surface area (Å²) in [7, 11) is -3.14. The highest BCUT2D eigenvalue weighted by molar-refractivity contribution is 7.91. The second-order valence-corrected chi connectivity index (χ2v) is 9.15. The van der Waals surface area contributed by atoms with Crippen LogP contribution in [0.3, 0.4) is 0 Å². The number of nitrogens with zero attached hydrogens (tertiary/aromatic N) is 2. The predicted molar refractivity (Wildman–Crippen MR) is 100 cm³/mol. The zero-order valence-corrected chi connectivity index (χ0v) is 16.1. The first-order chi connectivity index (χ1) is 12.7. The Bertz CT molecular complexity index is 1030. The molecule has 2 aromatic heterocycles. The standard InChI is InChI=1S/C17H18ClN3O5S/c1-17(7-9-27(24,25)11-17)20-14(22)10-26-15(23)6-5-12-16(18)19-13-4-2-3-8-21(12)13/h2-6,8H,7,9-11H2,1H3,(H,20,22)/b6-5+/t17-/m1/s1. The molecule has 0 unspecified atom stereocenters. The van der Waals surface area contributed by atoms with Crippen molar-refractivity contribution in [2.24, 2.45) is 0 Å². The van der Waals surface area contributed by atoms with Gasteiger partial charge in [-0.2, -0.15) is 0 Å². The molecule has 0 spiro atoms. The predicted octanol–water partition coefficient (Wildman–Crippen LogP) is 1.24. The molecule has 0 radical (unpaired) electrons. The number of carbonyl (C=O) groups excluding carboxylic acids is 2. The first-order valence-corrected chi connectivity index (χ1v) is 10.4. The van der Waals surface area contributed by atoms with Crippen molar-refractivity contribution in [3.63, 3.8) is 0 Å². The molecule has 0 saturated carbocycles. The first-order valence-electron chi connectivity index (χ1n) is 8.16. The maximum Gasteiger partial charge on any atom is 0.331 e. The Kier molecular flexibility index (Phi) is 5.25. The van der Waals surface area contributed by atoms with Gasteiger partial charge < -0.3 is 10.1 Å². The molecule has 1 amide bonds. The zero-order chi connectivity index (χ0) is 19.7. The lowest BCUT2D eigenvalue weighted by molar-refractivity contribution is -0.144. The average Bonchev–Trinajstić information content (AvgIpc) is 3.05. The summed E-state index contributed by atoms with van der Waals surface area (Å²) in [6.45, 7) is 1.16. The summed E-state index contributed by atoms with van der Waals surface area (Å²) < 4.78 is 29.7. The van der Waals surface area contributed by atoms with Gasteiger partial charge in [-0.25, -0.2) is 18.2 Å². The fourth-order valence-corrected chi connectivity index (χ4v) is 5.28. The maximum atomic E-state index is 11.9. The molecule has 1 aliphatic rings. The Labute approximate surface area is 161 Å². The molecule has 3 heterocycles. The molecule has 2 aromatic rings. The van der Waals surface area contributed by atoms with E-state index in [4.69, 9.17) is 16.3 Å². The number of carbonyl (C=O) groups is 2.